The van der Waals surface area contributed by atoms with Gasteiger partial charge in [0, 0.05) is 18.8 Å². The number of anilines is 2. The van der Waals surface area contributed by atoms with Crippen molar-refractivity contribution in [3.63, 3.8) is 0 Å². The highest BCUT2D eigenvalue weighted by molar-refractivity contribution is 5.78. The number of hydrogen-bond donors (Lipinski definition) is 1. The summed E-state index contributed by atoms with van der Waals surface area (Å²) >= 11 is 0. The highest BCUT2D eigenvalue weighted by atomic mass is 16.1. The molecule has 0 atom stereocenters. The molecular weight excluding hydrogens is 180 g/mol. The summed E-state index contributed by atoms with van der Waals surface area (Å²) in [5.74, 6) is 0.660. The van der Waals surface area contributed by atoms with E-state index in [-0.39, 0.29) is 5.95 Å². The van der Waals surface area contributed by atoms with E-state index in [1.54, 1.807) is 13.2 Å². The van der Waals surface area contributed by atoms with Gasteiger partial charge in [-0.2, -0.15) is 4.98 Å². The van der Waals surface area contributed by atoms with Crippen molar-refractivity contribution in [2.24, 2.45) is 0 Å². The summed E-state index contributed by atoms with van der Waals surface area (Å²) in [6.45, 7) is 1.88. The minimum atomic E-state index is 0.155. The highest BCUT2D eigenvalue weighted by Gasteiger charge is 2.07. The molecule has 1 rings (SSSR count). The Hall–Kier alpha value is -1.91. The number of aromatic nitrogens is 2. The molecule has 0 bridgehead atoms. The molecule has 0 saturated heterocycles. The van der Waals surface area contributed by atoms with Crippen molar-refractivity contribution >= 4 is 24.3 Å². The molecule has 1 aromatic rings. The summed E-state index contributed by atoms with van der Waals surface area (Å²) < 4.78 is 0. The second-order valence-corrected chi connectivity index (χ2v) is 2.72. The number of rotatable bonds is 3. The summed E-state index contributed by atoms with van der Waals surface area (Å²) in [5, 5.41) is 0. The van der Waals surface area contributed by atoms with E-state index in [1.807, 2.05) is 19.1 Å². The largest absolute Gasteiger partial charge is 0.368 e. The zero-order valence-corrected chi connectivity index (χ0v) is 8.14. The number of carbonyl (C=O) groups excluding carboxylic acids is 1. The van der Waals surface area contributed by atoms with Crippen LogP contribution in [0.25, 0.3) is 6.08 Å². The molecule has 0 fully saturated rings. The van der Waals surface area contributed by atoms with Gasteiger partial charge in [0.2, 0.25) is 12.4 Å². The molecule has 0 radical (unpaired) electrons. The van der Waals surface area contributed by atoms with Gasteiger partial charge in [-0.3, -0.25) is 4.79 Å². The normalized spacial score (nSPS) is 10.4. The first-order valence-corrected chi connectivity index (χ1v) is 4.12. The van der Waals surface area contributed by atoms with Crippen LogP contribution in [0.2, 0.25) is 0 Å². The fourth-order valence-electron chi connectivity index (χ4n) is 1.02. The van der Waals surface area contributed by atoms with Crippen molar-refractivity contribution in [3.05, 3.63) is 17.8 Å². The quantitative estimate of drug-likeness (QED) is 0.715. The third-order valence-corrected chi connectivity index (χ3v) is 1.65. The first kappa shape index (κ1) is 10.2. The Morgan fingerprint density at radius 1 is 1.57 bits per heavy atom. The molecule has 14 heavy (non-hydrogen) atoms. The Bertz CT molecular complexity index is 362. The predicted molar refractivity (Wildman–Crippen MR) is 55.6 cm³/mol. The molecule has 0 aliphatic heterocycles. The molecule has 5 heteroatoms. The molecular formula is C9H12N4O. The molecule has 5 nitrogen and oxygen atoms in total. The van der Waals surface area contributed by atoms with Gasteiger partial charge in [0.15, 0.2) is 0 Å². The molecule has 1 heterocycles. The van der Waals surface area contributed by atoms with Crippen molar-refractivity contribution in [2.45, 2.75) is 6.92 Å². The average molecular weight is 192 g/mol. The molecule has 0 saturated carbocycles. The van der Waals surface area contributed by atoms with Gasteiger partial charge in [-0.1, -0.05) is 12.2 Å². The Morgan fingerprint density at radius 2 is 2.29 bits per heavy atom. The van der Waals surface area contributed by atoms with E-state index in [0.29, 0.717) is 12.2 Å². The number of hydrogen-bond acceptors (Lipinski definition) is 4. The molecule has 0 unspecified atom stereocenters. The molecule has 74 valence electrons. The SMILES string of the molecule is C/C=C\c1cnc(N)nc1N(C)C=O. The van der Waals surface area contributed by atoms with Gasteiger partial charge in [0.05, 0.1) is 0 Å². The van der Waals surface area contributed by atoms with Gasteiger partial charge in [0.25, 0.3) is 0 Å². The van der Waals surface area contributed by atoms with E-state index in [1.165, 1.54) is 4.90 Å². The number of amides is 1. The Labute approximate surface area is 82.3 Å². The Balaban J connectivity index is 3.21. The van der Waals surface area contributed by atoms with E-state index in [0.717, 1.165) is 5.56 Å². The zero-order valence-electron chi connectivity index (χ0n) is 8.14. The van der Waals surface area contributed by atoms with Crippen LogP contribution in [0, 0.1) is 0 Å². The van der Waals surface area contributed by atoms with Gasteiger partial charge < -0.3 is 10.6 Å². The van der Waals surface area contributed by atoms with E-state index >= 15 is 0 Å². The molecule has 1 aromatic heterocycles. The van der Waals surface area contributed by atoms with Crippen LogP contribution in [0.4, 0.5) is 11.8 Å². The molecule has 1 amide bonds. The summed E-state index contributed by atoms with van der Waals surface area (Å²) in [7, 11) is 1.61. The maximum atomic E-state index is 10.6. The minimum Gasteiger partial charge on any atom is -0.368 e. The van der Waals surface area contributed by atoms with Gasteiger partial charge in [0.1, 0.15) is 5.82 Å². The van der Waals surface area contributed by atoms with Crippen molar-refractivity contribution in [1.82, 2.24) is 9.97 Å². The minimum absolute atomic E-state index is 0.155. The first-order chi connectivity index (χ1) is 6.69. The van der Waals surface area contributed by atoms with Crippen LogP contribution in [0.5, 0.6) is 0 Å². The second kappa shape index (κ2) is 4.36. The number of allylic oxidation sites excluding steroid dienone is 1. The van der Waals surface area contributed by atoms with E-state index in [4.69, 9.17) is 5.73 Å². The van der Waals surface area contributed by atoms with Crippen molar-refractivity contribution in [2.75, 3.05) is 17.7 Å². The maximum absolute atomic E-state index is 10.6. The molecule has 0 aromatic carbocycles. The van der Waals surface area contributed by atoms with Gasteiger partial charge in [-0.15, -0.1) is 0 Å². The summed E-state index contributed by atoms with van der Waals surface area (Å²) in [4.78, 5) is 19.7. The third kappa shape index (κ3) is 2.07. The number of nitrogen functional groups attached to an aromatic ring is 1. The lowest BCUT2D eigenvalue weighted by Gasteiger charge is -2.12. The average Bonchev–Trinajstić information content (AvgIpc) is 2.20. The maximum Gasteiger partial charge on any atom is 0.221 e. The Morgan fingerprint density at radius 3 is 2.86 bits per heavy atom. The lowest BCUT2D eigenvalue weighted by Crippen LogP contribution is -2.17. The summed E-state index contributed by atoms with van der Waals surface area (Å²) in [5.41, 5.74) is 6.19. The monoisotopic (exact) mass is 192 g/mol. The van der Waals surface area contributed by atoms with Gasteiger partial charge in [-0.05, 0) is 6.92 Å². The zero-order chi connectivity index (χ0) is 10.6. The summed E-state index contributed by atoms with van der Waals surface area (Å²) in [6, 6.07) is 0. The second-order valence-electron chi connectivity index (χ2n) is 2.72. The fourth-order valence-corrected chi connectivity index (χ4v) is 1.02. The Kier molecular flexibility index (Phi) is 3.17. The van der Waals surface area contributed by atoms with Crippen molar-refractivity contribution < 1.29 is 4.79 Å². The number of nitrogens with zero attached hydrogens (tertiary/aromatic N) is 3. The van der Waals surface area contributed by atoms with Crippen LogP contribution in [0.3, 0.4) is 0 Å². The molecule has 0 aliphatic carbocycles. The standard InChI is InChI=1S/C9H12N4O/c1-3-4-7-5-11-9(10)12-8(7)13(2)6-14/h3-6H,1-2H3,(H2,10,11,12)/b4-3-. The van der Waals surface area contributed by atoms with Crippen molar-refractivity contribution in [3.8, 4) is 0 Å². The van der Waals surface area contributed by atoms with Crippen LogP contribution in [0.15, 0.2) is 12.3 Å². The predicted octanol–water partition coefficient (Wildman–Crippen LogP) is 0.685. The van der Waals surface area contributed by atoms with E-state index in [2.05, 4.69) is 9.97 Å². The molecule has 0 aliphatic rings. The van der Waals surface area contributed by atoms with E-state index in [9.17, 15) is 4.79 Å². The van der Waals surface area contributed by atoms with Crippen LogP contribution >= 0.6 is 0 Å². The lowest BCUT2D eigenvalue weighted by molar-refractivity contribution is -0.107. The number of nitrogens with two attached hydrogens (primary N) is 1. The fraction of sp³-hybridized carbons (Fsp3) is 0.222. The topological polar surface area (TPSA) is 72.1 Å². The molecule has 2 N–H and O–H groups in total. The van der Waals surface area contributed by atoms with Crippen LogP contribution in [-0.2, 0) is 4.79 Å². The van der Waals surface area contributed by atoms with Crippen LogP contribution in [0.1, 0.15) is 12.5 Å². The first-order valence-electron chi connectivity index (χ1n) is 4.12. The summed E-state index contributed by atoms with van der Waals surface area (Å²) in [6.07, 6.45) is 5.91. The molecule has 0 spiro atoms. The van der Waals surface area contributed by atoms with Gasteiger partial charge >= 0.3 is 0 Å². The number of carbonyl (C=O) groups is 1. The highest BCUT2D eigenvalue weighted by Crippen LogP contribution is 2.16. The van der Waals surface area contributed by atoms with Crippen molar-refractivity contribution in [1.29, 1.82) is 0 Å². The van der Waals surface area contributed by atoms with Gasteiger partial charge in [-0.25, -0.2) is 4.98 Å². The van der Waals surface area contributed by atoms with E-state index < -0.39 is 0 Å². The van der Waals surface area contributed by atoms with Crippen LogP contribution in [-0.4, -0.2) is 23.4 Å². The van der Waals surface area contributed by atoms with Crippen LogP contribution < -0.4 is 10.6 Å². The lowest BCUT2D eigenvalue weighted by atomic mass is 10.3. The smallest absolute Gasteiger partial charge is 0.221 e. The third-order valence-electron chi connectivity index (χ3n) is 1.65.